The smallest absolute Gasteiger partial charge is 0.307 e. The Morgan fingerprint density at radius 2 is 1.95 bits per heavy atom. The number of hydrogen-bond acceptors (Lipinski definition) is 4. The van der Waals surface area contributed by atoms with Gasteiger partial charge in [-0.2, -0.15) is 0 Å². The molecule has 0 fully saturated rings. The molecule has 4 nitrogen and oxygen atoms in total. The van der Waals surface area contributed by atoms with Crippen molar-refractivity contribution in [2.45, 2.75) is 39.7 Å². The van der Waals surface area contributed by atoms with Crippen LogP contribution in [0.5, 0.6) is 5.75 Å². The van der Waals surface area contributed by atoms with Crippen LogP contribution >= 0.6 is 0 Å². The topological polar surface area (TPSA) is 47.6 Å². The van der Waals surface area contributed by atoms with E-state index in [2.05, 4.69) is 25.2 Å². The third kappa shape index (κ3) is 4.53. The standard InChI is InChI=1S/C16H25NO3/c1-6-20-16(18)10-14(17-4)9-13-7-11(2)12(3)8-15(13)19-5/h7-8,14,17H,6,9-10H2,1-5H3. The van der Waals surface area contributed by atoms with Crippen LogP contribution in [0, 0.1) is 13.8 Å². The number of aryl methyl sites for hydroxylation is 2. The fourth-order valence-electron chi connectivity index (χ4n) is 2.16. The first-order chi connectivity index (χ1) is 9.51. The van der Waals surface area contributed by atoms with Crippen molar-refractivity contribution in [3.63, 3.8) is 0 Å². The number of likely N-dealkylation sites (N-methyl/N-ethyl adjacent to an activating group) is 1. The predicted molar refractivity (Wildman–Crippen MR) is 80.3 cm³/mol. The molecule has 0 aliphatic heterocycles. The molecule has 1 unspecified atom stereocenters. The van der Waals surface area contributed by atoms with Crippen LogP contribution in [-0.2, 0) is 16.0 Å². The van der Waals surface area contributed by atoms with E-state index in [0.29, 0.717) is 13.0 Å². The monoisotopic (exact) mass is 279 g/mol. The van der Waals surface area contributed by atoms with Crippen LogP contribution in [-0.4, -0.2) is 32.8 Å². The van der Waals surface area contributed by atoms with E-state index < -0.39 is 0 Å². The first-order valence-corrected chi connectivity index (χ1v) is 6.98. The van der Waals surface area contributed by atoms with Gasteiger partial charge in [0.25, 0.3) is 0 Å². The van der Waals surface area contributed by atoms with E-state index in [1.54, 1.807) is 7.11 Å². The van der Waals surface area contributed by atoms with E-state index >= 15 is 0 Å². The van der Waals surface area contributed by atoms with E-state index in [-0.39, 0.29) is 12.0 Å². The first kappa shape index (κ1) is 16.5. The maximum absolute atomic E-state index is 11.6. The molecule has 1 aromatic rings. The molecule has 4 heteroatoms. The Labute approximate surface area is 121 Å². The van der Waals surface area contributed by atoms with Gasteiger partial charge in [0.2, 0.25) is 0 Å². The van der Waals surface area contributed by atoms with Crippen molar-refractivity contribution >= 4 is 5.97 Å². The molecule has 0 saturated carbocycles. The molecule has 0 heterocycles. The molecule has 0 aliphatic carbocycles. The highest BCUT2D eigenvalue weighted by atomic mass is 16.5. The highest BCUT2D eigenvalue weighted by Gasteiger charge is 2.16. The minimum Gasteiger partial charge on any atom is -0.496 e. The number of nitrogens with one attached hydrogen (secondary N) is 1. The predicted octanol–water partition coefficient (Wildman–Crippen LogP) is 2.40. The maximum Gasteiger partial charge on any atom is 0.307 e. The van der Waals surface area contributed by atoms with Gasteiger partial charge in [-0.25, -0.2) is 0 Å². The van der Waals surface area contributed by atoms with Crippen molar-refractivity contribution < 1.29 is 14.3 Å². The molecule has 20 heavy (non-hydrogen) atoms. The number of carbonyl (C=O) groups is 1. The summed E-state index contributed by atoms with van der Waals surface area (Å²) >= 11 is 0. The number of benzene rings is 1. The lowest BCUT2D eigenvalue weighted by Gasteiger charge is -2.18. The van der Waals surface area contributed by atoms with Crippen molar-refractivity contribution in [3.8, 4) is 5.75 Å². The Morgan fingerprint density at radius 3 is 2.50 bits per heavy atom. The largest absolute Gasteiger partial charge is 0.496 e. The van der Waals surface area contributed by atoms with Crippen LogP contribution in [0.15, 0.2) is 12.1 Å². The number of rotatable bonds is 7. The summed E-state index contributed by atoms with van der Waals surface area (Å²) in [6.07, 6.45) is 1.10. The highest BCUT2D eigenvalue weighted by molar-refractivity contribution is 5.70. The van der Waals surface area contributed by atoms with Crippen LogP contribution in [0.1, 0.15) is 30.0 Å². The van der Waals surface area contributed by atoms with Gasteiger partial charge >= 0.3 is 5.97 Å². The highest BCUT2D eigenvalue weighted by Crippen LogP contribution is 2.24. The van der Waals surface area contributed by atoms with Gasteiger partial charge in [-0.05, 0) is 57.0 Å². The number of hydrogen-bond donors (Lipinski definition) is 1. The zero-order valence-corrected chi connectivity index (χ0v) is 13.1. The number of methoxy groups -OCH3 is 1. The molecule has 1 atom stereocenters. The van der Waals surface area contributed by atoms with Gasteiger partial charge in [-0.15, -0.1) is 0 Å². The van der Waals surface area contributed by atoms with E-state index in [1.807, 2.05) is 20.0 Å². The van der Waals surface area contributed by atoms with Gasteiger partial charge in [0.1, 0.15) is 5.75 Å². The normalized spacial score (nSPS) is 12.1. The average Bonchev–Trinajstić information content (AvgIpc) is 2.41. The van der Waals surface area contributed by atoms with Gasteiger partial charge in [0, 0.05) is 6.04 Å². The van der Waals surface area contributed by atoms with Crippen LogP contribution in [0.4, 0.5) is 0 Å². The van der Waals surface area contributed by atoms with E-state index in [0.717, 1.165) is 17.7 Å². The minimum atomic E-state index is -0.172. The second kappa shape index (κ2) is 7.90. The average molecular weight is 279 g/mol. The minimum absolute atomic E-state index is 0.0463. The molecule has 0 bridgehead atoms. The zero-order chi connectivity index (χ0) is 15.1. The summed E-state index contributed by atoms with van der Waals surface area (Å²) < 4.78 is 10.4. The van der Waals surface area contributed by atoms with Crippen LogP contribution in [0.25, 0.3) is 0 Å². The third-order valence-electron chi connectivity index (χ3n) is 3.49. The molecule has 0 radical (unpaired) electrons. The summed E-state index contributed by atoms with van der Waals surface area (Å²) in [7, 11) is 3.53. The Balaban J connectivity index is 2.84. The Hall–Kier alpha value is -1.55. The second-order valence-electron chi connectivity index (χ2n) is 4.95. The SMILES string of the molecule is CCOC(=O)CC(Cc1cc(C)c(C)cc1OC)NC. The zero-order valence-electron chi connectivity index (χ0n) is 13.1. The molecule has 1 N–H and O–H groups in total. The number of esters is 1. The summed E-state index contributed by atoms with van der Waals surface area (Å²) in [6.45, 7) is 6.38. The number of carbonyl (C=O) groups excluding carboxylic acids is 1. The van der Waals surface area contributed by atoms with Gasteiger partial charge in [0.05, 0.1) is 20.1 Å². The lowest BCUT2D eigenvalue weighted by atomic mass is 9.98. The summed E-state index contributed by atoms with van der Waals surface area (Å²) in [5.74, 6) is 0.701. The molecule has 0 amide bonds. The fourth-order valence-corrected chi connectivity index (χ4v) is 2.16. The van der Waals surface area contributed by atoms with E-state index in [4.69, 9.17) is 9.47 Å². The van der Waals surface area contributed by atoms with Crippen LogP contribution in [0.2, 0.25) is 0 Å². The van der Waals surface area contributed by atoms with Crippen molar-refractivity contribution in [3.05, 3.63) is 28.8 Å². The van der Waals surface area contributed by atoms with Gasteiger partial charge in [-0.1, -0.05) is 6.07 Å². The molecule has 0 saturated heterocycles. The van der Waals surface area contributed by atoms with Crippen molar-refractivity contribution in [1.82, 2.24) is 5.32 Å². The van der Waals surface area contributed by atoms with Gasteiger partial charge in [-0.3, -0.25) is 4.79 Å². The third-order valence-corrected chi connectivity index (χ3v) is 3.49. The summed E-state index contributed by atoms with van der Waals surface area (Å²) in [6, 6.07) is 4.22. The number of ether oxygens (including phenoxy) is 2. The molecule has 0 aromatic heterocycles. The second-order valence-corrected chi connectivity index (χ2v) is 4.95. The molecular formula is C16H25NO3. The van der Waals surface area contributed by atoms with E-state index in [1.165, 1.54) is 11.1 Å². The summed E-state index contributed by atoms with van der Waals surface area (Å²) in [5.41, 5.74) is 3.54. The molecule has 1 rings (SSSR count). The van der Waals surface area contributed by atoms with E-state index in [9.17, 15) is 4.79 Å². The Kier molecular flexibility index (Phi) is 6.52. The molecule has 1 aromatic carbocycles. The lowest BCUT2D eigenvalue weighted by Crippen LogP contribution is -2.31. The first-order valence-electron chi connectivity index (χ1n) is 6.98. The van der Waals surface area contributed by atoms with Crippen LogP contribution in [0.3, 0.4) is 0 Å². The quantitative estimate of drug-likeness (QED) is 0.779. The fraction of sp³-hybridized carbons (Fsp3) is 0.562. The van der Waals surface area contributed by atoms with Crippen LogP contribution < -0.4 is 10.1 Å². The molecule has 112 valence electrons. The van der Waals surface area contributed by atoms with Crippen molar-refractivity contribution in [1.29, 1.82) is 0 Å². The summed E-state index contributed by atoms with van der Waals surface area (Å²) in [5, 5.41) is 3.17. The molecular weight excluding hydrogens is 254 g/mol. The summed E-state index contributed by atoms with van der Waals surface area (Å²) in [4.78, 5) is 11.6. The van der Waals surface area contributed by atoms with Crippen molar-refractivity contribution in [2.24, 2.45) is 0 Å². The Bertz CT molecular complexity index is 457. The molecule has 0 aliphatic rings. The lowest BCUT2D eigenvalue weighted by molar-refractivity contribution is -0.143. The maximum atomic E-state index is 11.6. The van der Waals surface area contributed by atoms with Crippen molar-refractivity contribution in [2.75, 3.05) is 20.8 Å². The van der Waals surface area contributed by atoms with Gasteiger partial charge < -0.3 is 14.8 Å². The Morgan fingerprint density at radius 1 is 1.30 bits per heavy atom. The van der Waals surface area contributed by atoms with Gasteiger partial charge in [0.15, 0.2) is 0 Å². The molecule has 0 spiro atoms.